The molecule has 0 amide bonds. The van der Waals surface area contributed by atoms with Crippen molar-refractivity contribution in [2.24, 2.45) is 0 Å². The van der Waals surface area contributed by atoms with Crippen molar-refractivity contribution in [3.63, 3.8) is 0 Å². The molecule has 3 N–H and O–H groups in total. The summed E-state index contributed by atoms with van der Waals surface area (Å²) < 4.78 is 0.269. The van der Waals surface area contributed by atoms with E-state index in [0.717, 1.165) is 37.2 Å². The fraction of sp³-hybridized carbons (Fsp3) is 0.692. The molecule has 1 heterocycles. The summed E-state index contributed by atoms with van der Waals surface area (Å²) in [6.07, 6.45) is 6.82. The molecular formula is C13H24N4S. The molecular weight excluding hydrogens is 244 g/mol. The molecule has 0 atom stereocenters. The second-order valence-corrected chi connectivity index (χ2v) is 5.66. The quantitative estimate of drug-likeness (QED) is 0.796. The number of hydrogen-bond acceptors (Lipinski definition) is 5. The molecule has 0 unspecified atom stereocenters. The molecule has 1 aromatic rings. The Kier molecular flexibility index (Phi) is 5.72. The van der Waals surface area contributed by atoms with Crippen LogP contribution < -0.4 is 11.1 Å². The molecule has 0 fully saturated rings. The van der Waals surface area contributed by atoms with Gasteiger partial charge in [0.2, 0.25) is 0 Å². The SMILES string of the molecule is CCc1c(N)ncnc1NCC(CC)(CC)SC. The molecule has 0 aliphatic rings. The van der Waals surface area contributed by atoms with Crippen molar-refractivity contribution in [3.8, 4) is 0 Å². The highest BCUT2D eigenvalue weighted by Gasteiger charge is 2.25. The van der Waals surface area contributed by atoms with Gasteiger partial charge in [-0.3, -0.25) is 0 Å². The molecule has 0 aliphatic carbocycles. The number of nitrogen functional groups attached to an aromatic ring is 1. The lowest BCUT2D eigenvalue weighted by Gasteiger charge is -2.30. The van der Waals surface area contributed by atoms with Crippen LogP contribution in [-0.4, -0.2) is 27.5 Å². The molecule has 4 nitrogen and oxygen atoms in total. The minimum absolute atomic E-state index is 0.269. The highest BCUT2D eigenvalue weighted by molar-refractivity contribution is 8.00. The molecule has 0 spiro atoms. The second-order valence-electron chi connectivity index (χ2n) is 4.39. The van der Waals surface area contributed by atoms with Crippen molar-refractivity contribution in [1.82, 2.24) is 9.97 Å². The number of nitrogens with two attached hydrogens (primary N) is 1. The van der Waals surface area contributed by atoms with E-state index < -0.39 is 0 Å². The molecule has 5 heteroatoms. The van der Waals surface area contributed by atoms with E-state index in [1.807, 2.05) is 11.8 Å². The average Bonchev–Trinajstić information content (AvgIpc) is 2.41. The molecule has 102 valence electrons. The van der Waals surface area contributed by atoms with Crippen molar-refractivity contribution in [3.05, 3.63) is 11.9 Å². The number of aromatic nitrogens is 2. The van der Waals surface area contributed by atoms with Gasteiger partial charge < -0.3 is 11.1 Å². The monoisotopic (exact) mass is 268 g/mol. The van der Waals surface area contributed by atoms with Crippen molar-refractivity contribution >= 4 is 23.4 Å². The van der Waals surface area contributed by atoms with Crippen LogP contribution in [0.3, 0.4) is 0 Å². The minimum Gasteiger partial charge on any atom is -0.383 e. The zero-order valence-electron chi connectivity index (χ0n) is 11.8. The van der Waals surface area contributed by atoms with Crippen molar-refractivity contribution in [2.45, 2.75) is 44.8 Å². The first-order valence-electron chi connectivity index (χ1n) is 6.50. The third-order valence-electron chi connectivity index (χ3n) is 3.63. The minimum atomic E-state index is 0.269. The maximum atomic E-state index is 5.87. The zero-order chi connectivity index (χ0) is 13.6. The normalized spacial score (nSPS) is 11.6. The van der Waals surface area contributed by atoms with Crippen LogP contribution in [0.1, 0.15) is 39.2 Å². The van der Waals surface area contributed by atoms with Crippen molar-refractivity contribution in [2.75, 3.05) is 23.9 Å². The van der Waals surface area contributed by atoms with Crippen LogP contribution in [0, 0.1) is 0 Å². The fourth-order valence-corrected chi connectivity index (χ4v) is 2.83. The summed E-state index contributed by atoms with van der Waals surface area (Å²) in [5.74, 6) is 1.46. The summed E-state index contributed by atoms with van der Waals surface area (Å²) in [4.78, 5) is 8.34. The van der Waals surface area contributed by atoms with Gasteiger partial charge in [0.05, 0.1) is 0 Å². The Morgan fingerprint density at radius 2 is 1.94 bits per heavy atom. The predicted octanol–water partition coefficient (Wildman–Crippen LogP) is 2.95. The van der Waals surface area contributed by atoms with Crippen LogP contribution in [0.15, 0.2) is 6.33 Å². The summed E-state index contributed by atoms with van der Waals surface area (Å²) in [7, 11) is 0. The Balaban J connectivity index is 2.82. The highest BCUT2D eigenvalue weighted by atomic mass is 32.2. The Morgan fingerprint density at radius 3 is 2.44 bits per heavy atom. The van der Waals surface area contributed by atoms with Gasteiger partial charge in [-0.05, 0) is 25.5 Å². The Hall–Kier alpha value is -0.970. The molecule has 0 radical (unpaired) electrons. The van der Waals surface area contributed by atoms with Crippen LogP contribution in [0.25, 0.3) is 0 Å². The van der Waals surface area contributed by atoms with E-state index >= 15 is 0 Å². The van der Waals surface area contributed by atoms with E-state index in [-0.39, 0.29) is 4.75 Å². The van der Waals surface area contributed by atoms with E-state index in [4.69, 9.17) is 5.73 Å². The molecule has 0 saturated heterocycles. The lowest BCUT2D eigenvalue weighted by Crippen LogP contribution is -2.32. The summed E-state index contributed by atoms with van der Waals surface area (Å²) in [6, 6.07) is 0. The van der Waals surface area contributed by atoms with Gasteiger partial charge in [-0.15, -0.1) is 0 Å². The van der Waals surface area contributed by atoms with Gasteiger partial charge in [-0.1, -0.05) is 20.8 Å². The van der Waals surface area contributed by atoms with Crippen molar-refractivity contribution in [1.29, 1.82) is 0 Å². The number of nitrogens with zero attached hydrogens (tertiary/aromatic N) is 2. The topological polar surface area (TPSA) is 63.8 Å². The maximum Gasteiger partial charge on any atom is 0.134 e. The van der Waals surface area contributed by atoms with Gasteiger partial charge in [0.25, 0.3) is 0 Å². The zero-order valence-corrected chi connectivity index (χ0v) is 12.6. The number of thioether (sulfide) groups is 1. The van der Waals surface area contributed by atoms with Crippen molar-refractivity contribution < 1.29 is 0 Å². The average molecular weight is 268 g/mol. The maximum absolute atomic E-state index is 5.87. The Morgan fingerprint density at radius 1 is 1.28 bits per heavy atom. The second kappa shape index (κ2) is 6.83. The smallest absolute Gasteiger partial charge is 0.134 e. The van der Waals surface area contributed by atoms with Gasteiger partial charge in [0.1, 0.15) is 18.0 Å². The summed E-state index contributed by atoms with van der Waals surface area (Å²) in [5, 5.41) is 3.45. The lowest BCUT2D eigenvalue weighted by molar-refractivity contribution is 0.573. The van der Waals surface area contributed by atoms with Gasteiger partial charge >= 0.3 is 0 Å². The molecule has 0 aromatic carbocycles. The van der Waals surface area contributed by atoms with Gasteiger partial charge in [-0.25, -0.2) is 9.97 Å². The summed E-state index contributed by atoms with van der Waals surface area (Å²) >= 11 is 1.92. The molecule has 0 saturated carbocycles. The Labute approximate surface area is 114 Å². The molecule has 18 heavy (non-hydrogen) atoms. The van der Waals surface area contributed by atoms with E-state index in [0.29, 0.717) is 5.82 Å². The highest BCUT2D eigenvalue weighted by Crippen LogP contribution is 2.31. The molecule has 1 rings (SSSR count). The van der Waals surface area contributed by atoms with E-state index in [2.05, 4.69) is 42.3 Å². The molecule has 0 aliphatic heterocycles. The first-order chi connectivity index (χ1) is 8.62. The van der Waals surface area contributed by atoms with Crippen LogP contribution in [-0.2, 0) is 6.42 Å². The lowest BCUT2D eigenvalue weighted by atomic mass is 10.0. The van der Waals surface area contributed by atoms with Gasteiger partial charge in [-0.2, -0.15) is 11.8 Å². The largest absolute Gasteiger partial charge is 0.383 e. The van der Waals surface area contributed by atoms with E-state index in [1.54, 1.807) is 0 Å². The van der Waals surface area contributed by atoms with Crippen LogP contribution in [0.5, 0.6) is 0 Å². The molecule has 1 aromatic heterocycles. The number of hydrogen-bond donors (Lipinski definition) is 2. The number of rotatable bonds is 7. The third kappa shape index (κ3) is 3.28. The molecule has 0 bridgehead atoms. The third-order valence-corrected chi connectivity index (χ3v) is 5.22. The van der Waals surface area contributed by atoms with Gasteiger partial charge in [0.15, 0.2) is 0 Å². The number of anilines is 2. The number of nitrogens with one attached hydrogen (secondary N) is 1. The summed E-state index contributed by atoms with van der Waals surface area (Å²) in [6.45, 7) is 7.44. The first kappa shape index (κ1) is 15.1. The Bertz CT molecular complexity index is 369. The summed E-state index contributed by atoms with van der Waals surface area (Å²) in [5.41, 5.74) is 6.89. The fourth-order valence-electron chi connectivity index (χ4n) is 2.03. The van der Waals surface area contributed by atoms with E-state index in [9.17, 15) is 0 Å². The predicted molar refractivity (Wildman–Crippen MR) is 81.1 cm³/mol. The van der Waals surface area contributed by atoms with E-state index in [1.165, 1.54) is 6.33 Å². The van der Waals surface area contributed by atoms with Crippen LogP contribution in [0.4, 0.5) is 11.6 Å². The van der Waals surface area contributed by atoms with Crippen LogP contribution in [0.2, 0.25) is 0 Å². The van der Waals surface area contributed by atoms with Gasteiger partial charge in [0, 0.05) is 16.9 Å². The van der Waals surface area contributed by atoms with Crippen LogP contribution >= 0.6 is 11.8 Å². The first-order valence-corrected chi connectivity index (χ1v) is 7.73. The standard InChI is InChI=1S/C13H24N4S/c1-5-10-11(14)16-9-17-12(10)15-8-13(6-2,7-3)18-4/h9H,5-8H2,1-4H3,(H3,14,15,16,17).